The van der Waals surface area contributed by atoms with E-state index in [1.54, 1.807) is 12.4 Å². The standard InChI is InChI=1S/C42H27FN4.2C42H28N4/c43-35-16-8-10-18-39(35)46(31-12-3-1-4-13-31)37-25-21-28-20-24-34-38(26-22-29-19-23-33(37)40(28)41(29)34)47(32-14-5-2-6-15-32)42-44-27-30-11-7-9-17-36(30)45-42;1-4-13-32(14-5-1)45(33-15-6-2-7-16-33)38-26-22-29-21-25-36-39(27-23-30-20-24-35(38)40(29)41(30)36)46(34-17-8-3-9-18-34)42-43-28-31-12-10-11-19-37(31)44-42;1-4-12-31(13-5-1)45(32-14-6-2-7-15-32)38-26-22-29-21-25-36-39(27-23-30-20-24-35(38)40(29)41(30)36)46(33-16-8-3-9-17-33)42-34-18-10-11-19-37(34)43-28-44-42/h1-27H;2*1-28H. The Labute approximate surface area is 800 Å². The molecular weight excluding hydrogens is 1700 g/mol. The van der Waals surface area contributed by atoms with Crippen LogP contribution >= 0.6 is 0 Å². The molecule has 0 aliphatic rings. The van der Waals surface area contributed by atoms with Crippen molar-refractivity contribution in [1.29, 1.82) is 0 Å². The van der Waals surface area contributed by atoms with Crippen molar-refractivity contribution in [3.05, 3.63) is 510 Å². The molecule has 0 unspecified atom stereocenters. The van der Waals surface area contributed by atoms with E-state index in [4.69, 9.17) is 24.9 Å². The number of anilines is 18. The van der Waals surface area contributed by atoms with Gasteiger partial charge in [-0.05, 0) is 234 Å². The molecule has 0 atom stereocenters. The van der Waals surface area contributed by atoms with E-state index in [1.807, 2.05) is 145 Å². The van der Waals surface area contributed by atoms with E-state index in [1.165, 1.54) is 65.3 Å². The quantitative estimate of drug-likeness (QED) is 0.0766. The second-order valence-electron chi connectivity index (χ2n) is 34.6. The van der Waals surface area contributed by atoms with Crippen LogP contribution in [0.1, 0.15) is 0 Å². The van der Waals surface area contributed by atoms with E-state index in [-0.39, 0.29) is 5.82 Å². The molecule has 0 fully saturated rings. The van der Waals surface area contributed by atoms with Gasteiger partial charge in [0.1, 0.15) is 18.0 Å². The van der Waals surface area contributed by atoms with E-state index in [9.17, 15) is 0 Å². The van der Waals surface area contributed by atoms with Crippen LogP contribution in [0.2, 0.25) is 0 Å². The third-order valence-electron chi connectivity index (χ3n) is 26.6. The average molecular weight is 1780 g/mol. The van der Waals surface area contributed by atoms with Crippen LogP contribution in [0.3, 0.4) is 0 Å². The van der Waals surface area contributed by atoms with Crippen molar-refractivity contribution in [2.45, 2.75) is 0 Å². The van der Waals surface area contributed by atoms with Crippen molar-refractivity contribution in [2.24, 2.45) is 0 Å². The number of hydrogen-bond acceptors (Lipinski definition) is 12. The Morgan fingerprint density at radius 3 is 0.734 bits per heavy atom. The Morgan fingerprint density at radius 2 is 0.403 bits per heavy atom. The van der Waals surface area contributed by atoms with Crippen LogP contribution in [-0.4, -0.2) is 29.9 Å². The number of nitrogens with zero attached hydrogens (tertiary/aromatic N) is 12. The lowest BCUT2D eigenvalue weighted by Gasteiger charge is -2.29. The zero-order chi connectivity index (χ0) is 92.2. The molecule has 0 bridgehead atoms. The summed E-state index contributed by atoms with van der Waals surface area (Å²) in [6.07, 6.45) is 5.46. The van der Waals surface area contributed by atoms with Gasteiger partial charge in [0.15, 0.2) is 0 Å². The number of aromatic nitrogens is 6. The molecule has 139 heavy (non-hydrogen) atoms. The molecule has 0 spiro atoms. The van der Waals surface area contributed by atoms with E-state index < -0.39 is 0 Å². The fourth-order valence-electron chi connectivity index (χ4n) is 20.4. The maximum atomic E-state index is 15.5. The van der Waals surface area contributed by atoms with Crippen molar-refractivity contribution in [3.63, 3.8) is 0 Å². The molecular formula is C126H83FN12. The molecule has 27 aromatic rings. The van der Waals surface area contributed by atoms with E-state index >= 15 is 4.39 Å². The number of hydrogen-bond donors (Lipinski definition) is 0. The molecule has 0 N–H and O–H groups in total. The number of benzene rings is 24. The van der Waals surface area contributed by atoms with Gasteiger partial charge in [0.2, 0.25) is 11.9 Å². The highest BCUT2D eigenvalue weighted by molar-refractivity contribution is 6.31. The monoisotopic (exact) mass is 1780 g/mol. The first-order chi connectivity index (χ1) is 68.9. The van der Waals surface area contributed by atoms with Crippen molar-refractivity contribution in [3.8, 4) is 0 Å². The summed E-state index contributed by atoms with van der Waals surface area (Å²) in [5, 5.41) is 24.2. The van der Waals surface area contributed by atoms with Gasteiger partial charge in [-0.1, -0.05) is 315 Å². The van der Waals surface area contributed by atoms with E-state index in [0.29, 0.717) is 17.6 Å². The van der Waals surface area contributed by atoms with Crippen LogP contribution in [0.15, 0.2) is 504 Å². The summed E-state index contributed by atoms with van der Waals surface area (Å²) in [6, 6.07) is 168. The maximum absolute atomic E-state index is 15.5. The summed E-state index contributed by atoms with van der Waals surface area (Å²) >= 11 is 0. The second kappa shape index (κ2) is 35.3. The van der Waals surface area contributed by atoms with Crippen LogP contribution < -0.4 is 29.4 Å². The first-order valence-electron chi connectivity index (χ1n) is 46.6. The van der Waals surface area contributed by atoms with E-state index in [0.717, 1.165) is 156 Å². The number of para-hydroxylation sites is 12. The lowest BCUT2D eigenvalue weighted by molar-refractivity contribution is 0.629. The minimum absolute atomic E-state index is 0.279. The predicted molar refractivity (Wildman–Crippen MR) is 578 cm³/mol. The molecule has 0 amide bonds. The highest BCUT2D eigenvalue weighted by Gasteiger charge is 2.30. The van der Waals surface area contributed by atoms with Crippen LogP contribution in [-0.2, 0) is 0 Å². The Kier molecular flexibility index (Phi) is 20.8. The third-order valence-corrected chi connectivity index (χ3v) is 26.6. The second-order valence-corrected chi connectivity index (χ2v) is 34.6. The topological polar surface area (TPSA) is 96.8 Å². The van der Waals surface area contributed by atoms with Gasteiger partial charge in [0.25, 0.3) is 0 Å². The highest BCUT2D eigenvalue weighted by Crippen LogP contribution is 2.53. The molecule has 3 aromatic heterocycles. The summed E-state index contributed by atoms with van der Waals surface area (Å²) in [4.78, 5) is 42.6. The van der Waals surface area contributed by atoms with Gasteiger partial charge in [0, 0.05) is 106 Å². The number of halogens is 1. The first kappa shape index (κ1) is 82.1. The molecule has 27 rings (SSSR count). The fourth-order valence-corrected chi connectivity index (χ4v) is 20.4. The van der Waals surface area contributed by atoms with Gasteiger partial charge in [0.05, 0.1) is 56.4 Å². The molecule has 0 radical (unpaired) electrons. The normalized spacial score (nSPS) is 11.5. The summed E-state index contributed by atoms with van der Waals surface area (Å²) in [5.74, 6) is 1.81. The molecule has 0 saturated carbocycles. The summed E-state index contributed by atoms with van der Waals surface area (Å²) < 4.78 is 15.5. The first-order valence-corrected chi connectivity index (χ1v) is 46.6. The fraction of sp³-hybridized carbons (Fsp3) is 0. The Hall–Kier alpha value is -18.9. The van der Waals surface area contributed by atoms with Crippen molar-refractivity contribution in [1.82, 2.24) is 29.9 Å². The molecule has 0 aliphatic carbocycles. The average Bonchev–Trinajstić information content (AvgIpc) is 0.724. The van der Waals surface area contributed by atoms with E-state index in [2.05, 4.69) is 375 Å². The van der Waals surface area contributed by atoms with Gasteiger partial charge in [-0.3, -0.25) is 14.7 Å². The molecule has 3 heterocycles. The number of rotatable bonds is 18. The van der Waals surface area contributed by atoms with Gasteiger partial charge >= 0.3 is 0 Å². The molecule has 13 heteroatoms. The zero-order valence-electron chi connectivity index (χ0n) is 75.2. The zero-order valence-corrected chi connectivity index (χ0v) is 75.2. The van der Waals surface area contributed by atoms with Gasteiger partial charge in [-0.2, -0.15) is 0 Å². The summed E-state index contributed by atoms with van der Waals surface area (Å²) in [6.45, 7) is 0. The third kappa shape index (κ3) is 14.7. The predicted octanol–water partition coefficient (Wildman–Crippen LogP) is 34.5. The SMILES string of the molecule is Fc1ccccc1N(c1ccccc1)c1ccc2ccc3c(N(c4ccccc4)c4ncc5ccccc5n4)ccc4ccc1c2c43.c1ccc(N(c2ccccc2)c2ccc3ccc4c(N(c5ccccc5)c5ncc6ccccc6n5)ccc5ccc2c3c54)cc1.c1ccc(N(c2ccccc2)c2ccc3ccc4c(N(c5ccccc5)c5ncnc6ccccc56)ccc5ccc2c3c54)cc1. The maximum Gasteiger partial charge on any atom is 0.235 e. The van der Waals surface area contributed by atoms with Crippen LogP contribution in [0.25, 0.3) is 130 Å². The lowest BCUT2D eigenvalue weighted by atomic mass is 9.91. The molecule has 0 saturated heterocycles. The lowest BCUT2D eigenvalue weighted by Crippen LogP contribution is -2.14. The van der Waals surface area contributed by atoms with Gasteiger partial charge in [-0.25, -0.2) is 34.3 Å². The Balaban J connectivity index is 0.000000110. The summed E-state index contributed by atoms with van der Waals surface area (Å²) in [7, 11) is 0. The Bertz CT molecular complexity index is 9110. The van der Waals surface area contributed by atoms with Crippen molar-refractivity contribution >= 4 is 233 Å². The van der Waals surface area contributed by atoms with Gasteiger partial charge < -0.3 is 14.7 Å². The van der Waals surface area contributed by atoms with Crippen molar-refractivity contribution in [2.75, 3.05) is 29.4 Å². The van der Waals surface area contributed by atoms with Crippen molar-refractivity contribution < 1.29 is 4.39 Å². The smallest absolute Gasteiger partial charge is 0.235 e. The molecule has 654 valence electrons. The minimum atomic E-state index is -0.279. The molecule has 0 aliphatic heterocycles. The van der Waals surface area contributed by atoms with Crippen LogP contribution in [0.5, 0.6) is 0 Å². The summed E-state index contributed by atoms with van der Waals surface area (Å²) in [5.41, 5.74) is 17.9. The molecule has 12 nitrogen and oxygen atoms in total. The molecule has 24 aromatic carbocycles. The Morgan fingerprint density at radius 1 is 0.158 bits per heavy atom. The minimum Gasteiger partial charge on any atom is -0.310 e. The number of fused-ring (bicyclic) bond motifs is 3. The van der Waals surface area contributed by atoms with Crippen LogP contribution in [0, 0.1) is 5.82 Å². The highest BCUT2D eigenvalue weighted by atomic mass is 19.1. The van der Waals surface area contributed by atoms with Crippen LogP contribution in [0.4, 0.5) is 107 Å². The van der Waals surface area contributed by atoms with Gasteiger partial charge in [-0.15, -0.1) is 0 Å². The largest absolute Gasteiger partial charge is 0.310 e.